The van der Waals surface area contributed by atoms with Crippen LogP contribution in [0, 0.1) is 0 Å². The van der Waals surface area contributed by atoms with Gasteiger partial charge < -0.3 is 15.4 Å². The Morgan fingerprint density at radius 1 is 1.04 bits per heavy atom. The van der Waals surface area contributed by atoms with E-state index in [0.29, 0.717) is 18.2 Å². The number of halogens is 10. The standard InChI is InChI=1S/C25H24F9IN8O2/c1-12(2)45-22(44)43-16-3-4-18(25(32,33)34)37-20(16)17(10-19(43)35)41(21-38-40-42(39-21)6-5-36)11-13-7-14(23(26,27)28)9-15(8-13)24(29,30)31/h3-4,7-9,12,17,19H,5-6,10-11,36H2,1-2H3/t17-,19-/m1/s1. The molecular formula is C25H24F9IN8O2. The summed E-state index contributed by atoms with van der Waals surface area (Å²) in [6.07, 6.45) is -17.0. The van der Waals surface area contributed by atoms with Crippen molar-refractivity contribution in [2.75, 3.05) is 16.3 Å². The molecule has 246 valence electrons. The lowest BCUT2D eigenvalue weighted by Crippen LogP contribution is -2.46. The number of ether oxygens (including phenoxy) is 1. The number of tetrazole rings is 1. The van der Waals surface area contributed by atoms with Gasteiger partial charge in [-0.05, 0) is 55.0 Å². The molecule has 1 aromatic carbocycles. The molecule has 0 saturated carbocycles. The van der Waals surface area contributed by atoms with E-state index >= 15 is 0 Å². The summed E-state index contributed by atoms with van der Waals surface area (Å²) >= 11 is 1.82. The average Bonchev–Trinajstić information content (AvgIpc) is 3.37. The summed E-state index contributed by atoms with van der Waals surface area (Å²) in [7, 11) is 0. The Bertz CT molecular complexity index is 1500. The number of hydrogen-bond acceptors (Lipinski definition) is 8. The van der Waals surface area contributed by atoms with Gasteiger partial charge in [-0.1, -0.05) is 27.7 Å². The third-order valence-electron chi connectivity index (χ3n) is 6.40. The monoisotopic (exact) mass is 766 g/mol. The van der Waals surface area contributed by atoms with Gasteiger partial charge >= 0.3 is 24.6 Å². The molecule has 2 atom stereocenters. The molecule has 0 fully saturated rings. The van der Waals surface area contributed by atoms with E-state index in [0.717, 1.165) is 20.7 Å². The van der Waals surface area contributed by atoms with E-state index in [-0.39, 0.29) is 42.9 Å². The van der Waals surface area contributed by atoms with Crippen LogP contribution in [0.4, 0.5) is 55.9 Å². The Labute approximate surface area is 262 Å². The maximum Gasteiger partial charge on any atom is 0.433 e. The van der Waals surface area contributed by atoms with Crippen LogP contribution < -0.4 is 15.5 Å². The molecule has 0 saturated heterocycles. The van der Waals surface area contributed by atoms with Crippen molar-refractivity contribution in [3.63, 3.8) is 0 Å². The molecule has 10 nitrogen and oxygen atoms in total. The molecular weight excluding hydrogens is 742 g/mol. The fourth-order valence-electron chi connectivity index (χ4n) is 4.56. The minimum absolute atomic E-state index is 0.0179. The van der Waals surface area contributed by atoms with Crippen molar-refractivity contribution in [2.24, 2.45) is 5.73 Å². The molecule has 0 unspecified atom stereocenters. The van der Waals surface area contributed by atoms with Crippen molar-refractivity contribution in [2.45, 2.75) is 68.1 Å². The molecule has 3 heterocycles. The summed E-state index contributed by atoms with van der Waals surface area (Å²) < 4.78 is 128. The molecule has 2 aromatic heterocycles. The zero-order chi connectivity index (χ0) is 33.5. The maximum atomic E-state index is 13.8. The zero-order valence-corrected chi connectivity index (χ0v) is 25.4. The normalized spacial score (nSPS) is 17.4. The van der Waals surface area contributed by atoms with Crippen molar-refractivity contribution in [3.8, 4) is 0 Å². The first-order valence-electron chi connectivity index (χ1n) is 13.0. The minimum Gasteiger partial charge on any atom is -0.446 e. The third kappa shape index (κ3) is 7.87. The van der Waals surface area contributed by atoms with Crippen molar-refractivity contribution in [1.29, 1.82) is 0 Å². The number of pyridine rings is 1. The molecule has 1 amide bonds. The molecule has 1 aliphatic rings. The number of carbonyl (C=O) groups is 1. The summed E-state index contributed by atoms with van der Waals surface area (Å²) in [4.78, 5) is 20.0. The van der Waals surface area contributed by atoms with E-state index in [1.54, 1.807) is 13.8 Å². The summed E-state index contributed by atoms with van der Waals surface area (Å²) in [6.45, 7) is 2.42. The average molecular weight is 766 g/mol. The SMILES string of the molecule is CC(C)OC(=O)N1c2ccc(C(F)(F)F)nc2[C@H](N(Cc2cc(C(F)(F)F)cc(C(F)(F)F)c2)c2nnn(CCN)n2)C[C@@H]1I. The first-order chi connectivity index (χ1) is 20.8. The second-order valence-corrected chi connectivity index (χ2v) is 11.5. The Morgan fingerprint density at radius 2 is 1.67 bits per heavy atom. The second kappa shape index (κ2) is 12.8. The highest BCUT2D eigenvalue weighted by molar-refractivity contribution is 14.1. The quantitative estimate of drug-likeness (QED) is 0.128. The van der Waals surface area contributed by atoms with Gasteiger partial charge in [0, 0.05) is 19.5 Å². The van der Waals surface area contributed by atoms with Crippen LogP contribution in [-0.2, 0) is 36.4 Å². The van der Waals surface area contributed by atoms with Crippen LogP contribution in [0.1, 0.15) is 54.4 Å². The Balaban J connectivity index is 1.93. The highest BCUT2D eigenvalue weighted by Crippen LogP contribution is 2.45. The van der Waals surface area contributed by atoms with Gasteiger partial charge in [0.2, 0.25) is 0 Å². The zero-order valence-electron chi connectivity index (χ0n) is 23.3. The van der Waals surface area contributed by atoms with E-state index in [9.17, 15) is 44.3 Å². The molecule has 0 bridgehead atoms. The fraction of sp³-hybridized carbons (Fsp3) is 0.480. The lowest BCUT2D eigenvalue weighted by atomic mass is 9.98. The first-order valence-corrected chi connectivity index (χ1v) is 14.3. The van der Waals surface area contributed by atoms with Gasteiger partial charge in [-0.3, -0.25) is 4.90 Å². The highest BCUT2D eigenvalue weighted by Gasteiger charge is 2.44. The maximum absolute atomic E-state index is 13.8. The van der Waals surface area contributed by atoms with E-state index in [1.807, 2.05) is 22.6 Å². The van der Waals surface area contributed by atoms with Crippen molar-refractivity contribution >= 4 is 40.3 Å². The van der Waals surface area contributed by atoms with Crippen LogP contribution in [0.25, 0.3) is 0 Å². The number of carbonyl (C=O) groups excluding carboxylic acids is 1. The van der Waals surface area contributed by atoms with Crippen LogP contribution >= 0.6 is 22.6 Å². The van der Waals surface area contributed by atoms with Gasteiger partial charge in [0.15, 0.2) is 0 Å². The van der Waals surface area contributed by atoms with E-state index in [1.165, 1.54) is 0 Å². The first kappa shape index (κ1) is 34.4. The second-order valence-electron chi connectivity index (χ2n) is 10.1. The van der Waals surface area contributed by atoms with Gasteiger partial charge in [0.25, 0.3) is 5.95 Å². The largest absolute Gasteiger partial charge is 0.446 e. The number of fused-ring (bicyclic) bond motifs is 1. The predicted molar refractivity (Wildman–Crippen MR) is 148 cm³/mol. The Kier molecular flexibility index (Phi) is 9.76. The number of alkyl halides is 10. The topological polar surface area (TPSA) is 115 Å². The molecule has 1 aliphatic heterocycles. The molecule has 0 radical (unpaired) electrons. The van der Waals surface area contributed by atoms with Crippen molar-refractivity contribution in [1.82, 2.24) is 25.2 Å². The number of aromatic nitrogens is 5. The van der Waals surface area contributed by atoms with Crippen LogP contribution in [0.15, 0.2) is 30.3 Å². The van der Waals surface area contributed by atoms with Crippen LogP contribution in [0.2, 0.25) is 0 Å². The smallest absolute Gasteiger partial charge is 0.433 e. The lowest BCUT2D eigenvalue weighted by Gasteiger charge is -2.41. The molecule has 4 rings (SSSR count). The van der Waals surface area contributed by atoms with Crippen LogP contribution in [-0.4, -0.2) is 48.0 Å². The summed E-state index contributed by atoms with van der Waals surface area (Å²) in [5, 5.41) is 11.8. The Morgan fingerprint density at radius 3 is 2.20 bits per heavy atom. The number of nitrogens with zero attached hydrogens (tertiary/aromatic N) is 7. The molecule has 3 aromatic rings. The highest BCUT2D eigenvalue weighted by atomic mass is 127. The molecule has 0 spiro atoms. The predicted octanol–water partition coefficient (Wildman–Crippen LogP) is 6.35. The summed E-state index contributed by atoms with van der Waals surface area (Å²) in [5.41, 5.74) is -0.0134. The third-order valence-corrected chi connectivity index (χ3v) is 7.47. The number of amides is 1. The van der Waals surface area contributed by atoms with Gasteiger partial charge in [0.05, 0.1) is 45.2 Å². The number of rotatable bonds is 7. The number of hydrogen-bond donors (Lipinski definition) is 1. The molecule has 0 aliphatic carbocycles. The molecule has 2 N–H and O–H groups in total. The van der Waals surface area contributed by atoms with E-state index in [2.05, 4.69) is 20.4 Å². The van der Waals surface area contributed by atoms with Gasteiger partial charge in [-0.25, -0.2) is 9.78 Å². The van der Waals surface area contributed by atoms with Gasteiger partial charge in [-0.15, -0.1) is 5.10 Å². The number of nitrogens with two attached hydrogens (primary N) is 1. The molecule has 45 heavy (non-hydrogen) atoms. The molecule has 20 heteroatoms. The van der Waals surface area contributed by atoms with Gasteiger partial charge in [-0.2, -0.15) is 44.3 Å². The summed E-state index contributed by atoms with van der Waals surface area (Å²) in [6, 6.07) is 1.27. The lowest BCUT2D eigenvalue weighted by molar-refractivity contribution is -0.143. The summed E-state index contributed by atoms with van der Waals surface area (Å²) in [5.74, 6) is -0.341. The van der Waals surface area contributed by atoms with E-state index < -0.39 is 69.7 Å². The minimum atomic E-state index is -5.16. The Hall–Kier alpha value is -3.43. The number of anilines is 2. The van der Waals surface area contributed by atoms with Crippen LogP contribution in [0.5, 0.6) is 0 Å². The fourth-order valence-corrected chi connectivity index (χ4v) is 5.57. The van der Waals surface area contributed by atoms with Gasteiger partial charge in [0.1, 0.15) is 5.69 Å². The number of benzene rings is 1. The van der Waals surface area contributed by atoms with Crippen molar-refractivity contribution < 1.29 is 49.0 Å². The van der Waals surface area contributed by atoms with Crippen LogP contribution in [0.3, 0.4) is 0 Å². The van der Waals surface area contributed by atoms with Crippen molar-refractivity contribution in [3.05, 3.63) is 58.4 Å². The van der Waals surface area contributed by atoms with E-state index in [4.69, 9.17) is 10.5 Å².